The van der Waals surface area contributed by atoms with Crippen LogP contribution in [0.25, 0.3) is 0 Å². The number of aromatic hydroxyl groups is 1. The first-order chi connectivity index (χ1) is 9.45. The van der Waals surface area contributed by atoms with Crippen molar-refractivity contribution in [3.63, 3.8) is 0 Å². The predicted octanol–water partition coefficient (Wildman–Crippen LogP) is 6.01. The number of hydrogen-bond acceptors (Lipinski definition) is 2. The summed E-state index contributed by atoms with van der Waals surface area (Å²) < 4.78 is 5.52. The summed E-state index contributed by atoms with van der Waals surface area (Å²) in [6.45, 7) is 15.9. The van der Waals surface area contributed by atoms with E-state index in [1.165, 1.54) is 0 Å². The standard InChI is InChI=1S/C18H29ClO2/c1-8-21-15-10-12(9-14(19)16(15)20)13(18(5,6)7)11-17(2,3)4/h9-10,13,20H,8,11H2,1-7H3. The van der Waals surface area contributed by atoms with E-state index in [9.17, 15) is 5.11 Å². The normalized spacial score (nSPS) is 14.1. The van der Waals surface area contributed by atoms with Crippen LogP contribution < -0.4 is 4.74 Å². The zero-order valence-corrected chi connectivity index (χ0v) is 15.1. The second-order valence-electron chi connectivity index (χ2n) is 7.97. The molecule has 0 spiro atoms. The van der Waals surface area contributed by atoms with E-state index in [-0.39, 0.29) is 16.6 Å². The van der Waals surface area contributed by atoms with Gasteiger partial charge in [0.1, 0.15) is 0 Å². The van der Waals surface area contributed by atoms with Gasteiger partial charge in [-0.15, -0.1) is 0 Å². The summed E-state index contributed by atoms with van der Waals surface area (Å²) in [7, 11) is 0. The topological polar surface area (TPSA) is 29.5 Å². The Hall–Kier alpha value is -0.890. The molecule has 21 heavy (non-hydrogen) atoms. The highest BCUT2D eigenvalue weighted by molar-refractivity contribution is 6.32. The van der Waals surface area contributed by atoms with Crippen LogP contribution in [-0.2, 0) is 0 Å². The summed E-state index contributed by atoms with van der Waals surface area (Å²) in [5.74, 6) is 0.851. The minimum atomic E-state index is 0.0330. The van der Waals surface area contributed by atoms with Gasteiger partial charge in [-0.25, -0.2) is 0 Å². The molecular weight excluding hydrogens is 284 g/mol. The summed E-state index contributed by atoms with van der Waals surface area (Å²) in [6.07, 6.45) is 1.04. The number of phenols is 1. The summed E-state index contributed by atoms with van der Waals surface area (Å²) >= 11 is 6.19. The van der Waals surface area contributed by atoms with Crippen LogP contribution in [-0.4, -0.2) is 11.7 Å². The summed E-state index contributed by atoms with van der Waals surface area (Å²) in [6, 6.07) is 3.81. The van der Waals surface area contributed by atoms with Crippen molar-refractivity contribution in [2.24, 2.45) is 10.8 Å². The van der Waals surface area contributed by atoms with Gasteiger partial charge >= 0.3 is 0 Å². The molecule has 0 amide bonds. The van der Waals surface area contributed by atoms with Crippen molar-refractivity contribution in [2.45, 2.75) is 60.8 Å². The van der Waals surface area contributed by atoms with Gasteiger partial charge in [0.25, 0.3) is 0 Å². The largest absolute Gasteiger partial charge is 0.503 e. The van der Waals surface area contributed by atoms with Crippen LogP contribution in [0, 0.1) is 10.8 Å². The molecule has 1 N–H and O–H groups in total. The first-order valence-electron chi connectivity index (χ1n) is 7.61. The third-order valence-electron chi connectivity index (χ3n) is 3.61. The Kier molecular flexibility index (Phi) is 5.60. The van der Waals surface area contributed by atoms with E-state index in [1.807, 2.05) is 19.1 Å². The van der Waals surface area contributed by atoms with E-state index >= 15 is 0 Å². The zero-order valence-electron chi connectivity index (χ0n) is 14.4. The van der Waals surface area contributed by atoms with Crippen molar-refractivity contribution in [3.8, 4) is 11.5 Å². The van der Waals surface area contributed by atoms with Crippen LogP contribution in [0.1, 0.15) is 66.4 Å². The fourth-order valence-electron chi connectivity index (χ4n) is 2.60. The summed E-state index contributed by atoms with van der Waals surface area (Å²) in [5, 5.41) is 10.4. The molecule has 0 aliphatic heterocycles. The number of rotatable bonds is 4. The zero-order chi connectivity index (χ0) is 16.4. The third-order valence-corrected chi connectivity index (χ3v) is 3.90. The monoisotopic (exact) mass is 312 g/mol. The van der Waals surface area contributed by atoms with E-state index in [0.29, 0.717) is 23.3 Å². The van der Waals surface area contributed by atoms with E-state index in [4.69, 9.17) is 16.3 Å². The fraction of sp³-hybridized carbons (Fsp3) is 0.667. The van der Waals surface area contributed by atoms with Crippen LogP contribution in [0.3, 0.4) is 0 Å². The molecule has 0 aliphatic carbocycles. The number of hydrogen-bond donors (Lipinski definition) is 1. The number of benzene rings is 1. The molecule has 0 heterocycles. The highest BCUT2D eigenvalue weighted by atomic mass is 35.5. The molecule has 0 fully saturated rings. The Balaban J connectivity index is 3.31. The van der Waals surface area contributed by atoms with Gasteiger partial charge in [-0.3, -0.25) is 0 Å². The maximum absolute atomic E-state index is 10.0. The van der Waals surface area contributed by atoms with Crippen LogP contribution >= 0.6 is 11.6 Å². The molecule has 120 valence electrons. The lowest BCUT2D eigenvalue weighted by Crippen LogP contribution is -2.24. The minimum Gasteiger partial charge on any atom is -0.503 e. The molecular formula is C18H29ClO2. The summed E-state index contributed by atoms with van der Waals surface area (Å²) in [4.78, 5) is 0. The van der Waals surface area contributed by atoms with Gasteiger partial charge < -0.3 is 9.84 Å². The second-order valence-corrected chi connectivity index (χ2v) is 8.37. The Morgan fingerprint density at radius 3 is 2.14 bits per heavy atom. The molecule has 1 rings (SSSR count). The van der Waals surface area contributed by atoms with Crippen molar-refractivity contribution in [1.29, 1.82) is 0 Å². The Labute approximate surface area is 134 Å². The third kappa shape index (κ3) is 5.10. The van der Waals surface area contributed by atoms with Crippen molar-refractivity contribution in [1.82, 2.24) is 0 Å². The first-order valence-corrected chi connectivity index (χ1v) is 7.98. The lowest BCUT2D eigenvalue weighted by atomic mass is 9.69. The van der Waals surface area contributed by atoms with Crippen molar-refractivity contribution < 1.29 is 9.84 Å². The number of halogens is 1. The van der Waals surface area contributed by atoms with Crippen LogP contribution in [0.5, 0.6) is 11.5 Å². The molecule has 2 nitrogen and oxygen atoms in total. The molecule has 1 unspecified atom stereocenters. The average molecular weight is 313 g/mol. The maximum Gasteiger partial charge on any atom is 0.176 e. The summed E-state index contributed by atoms with van der Waals surface area (Å²) in [5.41, 5.74) is 1.45. The lowest BCUT2D eigenvalue weighted by molar-refractivity contribution is 0.228. The highest BCUT2D eigenvalue weighted by Gasteiger charge is 2.31. The molecule has 0 aliphatic rings. The lowest BCUT2D eigenvalue weighted by Gasteiger charge is -2.36. The smallest absolute Gasteiger partial charge is 0.176 e. The highest BCUT2D eigenvalue weighted by Crippen LogP contribution is 2.46. The molecule has 3 heteroatoms. The minimum absolute atomic E-state index is 0.0330. The molecule has 0 saturated heterocycles. The van der Waals surface area contributed by atoms with E-state index in [1.54, 1.807) is 0 Å². The molecule has 0 bridgehead atoms. The Morgan fingerprint density at radius 2 is 1.71 bits per heavy atom. The van der Waals surface area contributed by atoms with Gasteiger partial charge in [0.2, 0.25) is 0 Å². The van der Waals surface area contributed by atoms with Gasteiger partial charge in [-0.2, -0.15) is 0 Å². The molecule has 1 atom stereocenters. The van der Waals surface area contributed by atoms with Gasteiger partial charge in [0.05, 0.1) is 11.6 Å². The van der Waals surface area contributed by atoms with Crippen LogP contribution in [0.2, 0.25) is 5.02 Å². The molecule has 0 aromatic heterocycles. The maximum atomic E-state index is 10.0. The number of phenolic OH excluding ortho intramolecular Hbond substituents is 1. The van der Waals surface area contributed by atoms with Crippen LogP contribution in [0.15, 0.2) is 12.1 Å². The SMILES string of the molecule is CCOc1cc(C(CC(C)(C)C)C(C)(C)C)cc(Cl)c1O. The average Bonchev–Trinajstić information content (AvgIpc) is 2.29. The predicted molar refractivity (Wildman–Crippen MR) is 90.6 cm³/mol. The molecule has 1 aromatic carbocycles. The van der Waals surface area contributed by atoms with Crippen LogP contribution in [0.4, 0.5) is 0 Å². The molecule has 1 aromatic rings. The first kappa shape index (κ1) is 18.2. The van der Waals surface area contributed by atoms with E-state index in [2.05, 4.69) is 41.5 Å². The number of ether oxygens (including phenoxy) is 1. The van der Waals surface area contributed by atoms with Gasteiger partial charge in [-0.05, 0) is 47.8 Å². The van der Waals surface area contributed by atoms with E-state index in [0.717, 1.165) is 12.0 Å². The van der Waals surface area contributed by atoms with Crippen molar-refractivity contribution >= 4 is 11.6 Å². The molecule has 0 saturated carbocycles. The van der Waals surface area contributed by atoms with Gasteiger partial charge in [0, 0.05) is 0 Å². The Morgan fingerprint density at radius 1 is 1.14 bits per heavy atom. The second kappa shape index (κ2) is 6.48. The Bertz CT molecular complexity index is 481. The van der Waals surface area contributed by atoms with Gasteiger partial charge in [-0.1, -0.05) is 53.1 Å². The van der Waals surface area contributed by atoms with Crippen molar-refractivity contribution in [3.05, 3.63) is 22.7 Å². The molecule has 0 radical (unpaired) electrons. The van der Waals surface area contributed by atoms with Crippen molar-refractivity contribution in [2.75, 3.05) is 6.61 Å². The van der Waals surface area contributed by atoms with E-state index < -0.39 is 0 Å². The fourth-order valence-corrected chi connectivity index (χ4v) is 2.82. The van der Waals surface area contributed by atoms with Gasteiger partial charge in [0.15, 0.2) is 11.5 Å². The quantitative estimate of drug-likeness (QED) is 0.737.